The Morgan fingerprint density at radius 3 is 2.83 bits per heavy atom. The molecule has 1 saturated heterocycles. The molecule has 0 spiro atoms. The number of carbonyl (C=O) groups is 1. The minimum atomic E-state index is 0.0163. The minimum absolute atomic E-state index is 0.0163. The van der Waals surface area contributed by atoms with Gasteiger partial charge in [0.2, 0.25) is 5.91 Å². The first kappa shape index (κ1) is 13.8. The van der Waals surface area contributed by atoms with E-state index in [-0.39, 0.29) is 11.8 Å². The van der Waals surface area contributed by atoms with E-state index in [4.69, 9.17) is 0 Å². The number of aromatic nitrogens is 4. The Morgan fingerprint density at radius 1 is 1.26 bits per heavy atom. The van der Waals surface area contributed by atoms with Gasteiger partial charge in [-0.15, -0.1) is 5.10 Å². The molecule has 1 aliphatic heterocycles. The number of rotatable bonds is 3. The van der Waals surface area contributed by atoms with Crippen LogP contribution in [0.15, 0.2) is 36.7 Å². The molecule has 23 heavy (non-hydrogen) atoms. The maximum absolute atomic E-state index is 12.0. The van der Waals surface area contributed by atoms with Gasteiger partial charge in [-0.25, -0.2) is 9.67 Å². The van der Waals surface area contributed by atoms with Gasteiger partial charge in [0.15, 0.2) is 0 Å². The number of nitrogens with one attached hydrogen (secondary N) is 2. The second-order valence-electron chi connectivity index (χ2n) is 5.72. The third-order valence-corrected chi connectivity index (χ3v) is 4.14. The topological polar surface area (TPSA) is 84.7 Å². The van der Waals surface area contributed by atoms with Crippen LogP contribution in [-0.4, -0.2) is 39.0 Å². The number of hydrogen-bond acceptors (Lipinski definition) is 5. The zero-order valence-electron chi connectivity index (χ0n) is 12.7. The first-order valence-electron chi connectivity index (χ1n) is 7.47. The summed E-state index contributed by atoms with van der Waals surface area (Å²) < 4.78 is 1.73. The molecule has 7 nitrogen and oxygen atoms in total. The molecule has 1 aromatic carbocycles. The molecule has 2 aromatic heterocycles. The van der Waals surface area contributed by atoms with Crippen molar-refractivity contribution in [3.05, 3.63) is 36.7 Å². The van der Waals surface area contributed by atoms with Gasteiger partial charge < -0.3 is 10.6 Å². The van der Waals surface area contributed by atoms with Gasteiger partial charge in [-0.05, 0) is 17.5 Å². The lowest BCUT2D eigenvalue weighted by Gasteiger charge is -2.25. The zero-order valence-corrected chi connectivity index (χ0v) is 12.7. The maximum atomic E-state index is 12.0. The smallest absolute Gasteiger partial charge is 0.231 e. The Morgan fingerprint density at radius 2 is 2.13 bits per heavy atom. The first-order valence-corrected chi connectivity index (χ1v) is 7.47. The molecule has 0 unspecified atom stereocenters. The van der Waals surface area contributed by atoms with Gasteiger partial charge in [0.1, 0.15) is 5.82 Å². The lowest BCUT2D eigenvalue weighted by atomic mass is 10.0. The van der Waals surface area contributed by atoms with Crippen LogP contribution in [0.3, 0.4) is 0 Å². The Hall–Kier alpha value is -2.80. The lowest BCUT2D eigenvalue weighted by Crippen LogP contribution is -2.48. The predicted molar refractivity (Wildman–Crippen MR) is 86.7 cm³/mol. The average Bonchev–Trinajstić information content (AvgIpc) is 2.91. The van der Waals surface area contributed by atoms with Gasteiger partial charge in [-0.1, -0.05) is 17.3 Å². The van der Waals surface area contributed by atoms with Crippen molar-refractivity contribution in [3.63, 3.8) is 0 Å². The van der Waals surface area contributed by atoms with Crippen molar-refractivity contribution in [2.24, 2.45) is 13.0 Å². The third-order valence-electron chi connectivity index (χ3n) is 4.14. The molecule has 0 atom stereocenters. The Kier molecular flexibility index (Phi) is 3.27. The summed E-state index contributed by atoms with van der Waals surface area (Å²) in [6.45, 7) is 1.47. The summed E-state index contributed by atoms with van der Waals surface area (Å²) in [4.78, 5) is 16.3. The average molecular weight is 308 g/mol. The molecule has 116 valence electrons. The minimum Gasteiger partial charge on any atom is -0.315 e. The second kappa shape index (κ2) is 5.44. The van der Waals surface area contributed by atoms with Gasteiger partial charge in [-0.2, -0.15) is 0 Å². The molecule has 0 aliphatic carbocycles. The first-order chi connectivity index (χ1) is 11.2. The highest BCUT2D eigenvalue weighted by Gasteiger charge is 2.25. The summed E-state index contributed by atoms with van der Waals surface area (Å²) >= 11 is 0. The summed E-state index contributed by atoms with van der Waals surface area (Å²) in [6.07, 6.45) is 3.50. The molecule has 3 heterocycles. The summed E-state index contributed by atoms with van der Waals surface area (Å²) in [7, 11) is 1.86. The van der Waals surface area contributed by atoms with Crippen LogP contribution in [0.2, 0.25) is 0 Å². The van der Waals surface area contributed by atoms with E-state index < -0.39 is 0 Å². The van der Waals surface area contributed by atoms with Crippen LogP contribution in [0.25, 0.3) is 22.0 Å². The molecule has 4 rings (SSSR count). The van der Waals surface area contributed by atoms with E-state index in [1.54, 1.807) is 17.1 Å². The number of benzene rings is 1. The van der Waals surface area contributed by atoms with Crippen molar-refractivity contribution in [2.75, 3.05) is 18.4 Å². The van der Waals surface area contributed by atoms with Crippen LogP contribution in [0.1, 0.15) is 0 Å². The van der Waals surface area contributed by atoms with E-state index in [9.17, 15) is 4.79 Å². The summed E-state index contributed by atoms with van der Waals surface area (Å²) in [5, 5.41) is 15.9. The highest BCUT2D eigenvalue weighted by molar-refractivity contribution is 5.95. The lowest BCUT2D eigenvalue weighted by molar-refractivity contribution is -0.121. The largest absolute Gasteiger partial charge is 0.315 e. The molecule has 0 saturated carbocycles. The number of amides is 1. The molecule has 7 heteroatoms. The standard InChI is InChI=1S/C16H16N6O/c1-22-14(9-19-21-22)10-2-3-11-8-18-15(5-12(11)4-10)20-16(23)13-6-17-7-13/h2-5,8-9,13,17H,6-7H2,1H3,(H,18,20,23). The van der Waals surface area contributed by atoms with E-state index in [0.29, 0.717) is 5.82 Å². The molecule has 1 aliphatic rings. The number of pyridine rings is 1. The van der Waals surface area contributed by atoms with E-state index in [1.165, 1.54) is 0 Å². The van der Waals surface area contributed by atoms with Crippen LogP contribution in [-0.2, 0) is 11.8 Å². The van der Waals surface area contributed by atoms with Crippen LogP contribution < -0.4 is 10.6 Å². The van der Waals surface area contributed by atoms with Crippen LogP contribution in [0, 0.1) is 5.92 Å². The Bertz CT molecular complexity index is 883. The summed E-state index contributed by atoms with van der Waals surface area (Å²) in [5.41, 5.74) is 1.96. The fourth-order valence-electron chi connectivity index (χ4n) is 2.62. The van der Waals surface area contributed by atoms with E-state index in [2.05, 4.69) is 32.0 Å². The summed E-state index contributed by atoms with van der Waals surface area (Å²) in [6, 6.07) is 7.97. The molecular weight excluding hydrogens is 292 g/mol. The third kappa shape index (κ3) is 2.55. The molecule has 1 fully saturated rings. The highest BCUT2D eigenvalue weighted by atomic mass is 16.2. The number of nitrogens with zero attached hydrogens (tertiary/aromatic N) is 4. The maximum Gasteiger partial charge on any atom is 0.231 e. The number of aryl methyl sites for hydroxylation is 1. The van der Waals surface area contributed by atoms with Crippen molar-refractivity contribution in [1.82, 2.24) is 25.3 Å². The van der Waals surface area contributed by atoms with E-state index in [1.807, 2.05) is 25.2 Å². The van der Waals surface area contributed by atoms with Gasteiger partial charge in [0, 0.05) is 37.3 Å². The van der Waals surface area contributed by atoms with E-state index in [0.717, 1.165) is 35.1 Å². The SMILES string of the molecule is Cn1nncc1-c1ccc2cnc(NC(=O)C3CNC3)cc2c1. The van der Waals surface area contributed by atoms with Crippen molar-refractivity contribution in [3.8, 4) is 11.3 Å². The number of carbonyl (C=O) groups excluding carboxylic acids is 1. The highest BCUT2D eigenvalue weighted by Crippen LogP contribution is 2.24. The quantitative estimate of drug-likeness (QED) is 0.759. The molecule has 3 aromatic rings. The van der Waals surface area contributed by atoms with Gasteiger partial charge in [0.05, 0.1) is 17.8 Å². The number of fused-ring (bicyclic) bond motifs is 1. The number of anilines is 1. The van der Waals surface area contributed by atoms with Crippen LogP contribution in [0.5, 0.6) is 0 Å². The fourth-order valence-corrected chi connectivity index (χ4v) is 2.62. The number of hydrogen-bond donors (Lipinski definition) is 2. The monoisotopic (exact) mass is 308 g/mol. The van der Waals surface area contributed by atoms with Gasteiger partial charge in [0.25, 0.3) is 0 Å². The van der Waals surface area contributed by atoms with E-state index >= 15 is 0 Å². The fraction of sp³-hybridized carbons (Fsp3) is 0.250. The molecule has 0 bridgehead atoms. The van der Waals surface area contributed by atoms with Crippen molar-refractivity contribution >= 4 is 22.5 Å². The Labute approximate surface area is 132 Å². The normalized spacial score (nSPS) is 14.7. The molecule has 0 radical (unpaired) electrons. The predicted octanol–water partition coefficient (Wildman–Crippen LogP) is 1.19. The second-order valence-corrected chi connectivity index (χ2v) is 5.72. The Balaban J connectivity index is 1.66. The molecular formula is C16H16N6O. The molecule has 1 amide bonds. The zero-order chi connectivity index (χ0) is 15.8. The van der Waals surface area contributed by atoms with Crippen LogP contribution in [0.4, 0.5) is 5.82 Å². The van der Waals surface area contributed by atoms with Gasteiger partial charge >= 0.3 is 0 Å². The van der Waals surface area contributed by atoms with Crippen molar-refractivity contribution in [2.45, 2.75) is 0 Å². The van der Waals surface area contributed by atoms with Crippen molar-refractivity contribution in [1.29, 1.82) is 0 Å². The van der Waals surface area contributed by atoms with Crippen molar-refractivity contribution < 1.29 is 4.79 Å². The van der Waals surface area contributed by atoms with Crippen LogP contribution >= 0.6 is 0 Å². The summed E-state index contributed by atoms with van der Waals surface area (Å²) in [5.74, 6) is 0.636. The molecule has 2 N–H and O–H groups in total. The van der Waals surface area contributed by atoms with Gasteiger partial charge in [-0.3, -0.25) is 4.79 Å².